The fraction of sp³-hybridized carbons (Fsp3) is 0.391. The molecule has 1 fully saturated rings. The molecular weight excluding hydrogens is 340 g/mol. The van der Waals surface area contributed by atoms with Crippen molar-refractivity contribution in [3.05, 3.63) is 64.2 Å². The van der Waals surface area contributed by atoms with Gasteiger partial charge in [0.1, 0.15) is 17.8 Å². The lowest BCUT2D eigenvalue weighted by molar-refractivity contribution is -0.161. The molecule has 0 amide bonds. The zero-order valence-electron chi connectivity index (χ0n) is 16.4. The van der Waals surface area contributed by atoms with Crippen molar-refractivity contribution in [1.82, 2.24) is 0 Å². The second-order valence-electron chi connectivity index (χ2n) is 7.42. The Labute approximate surface area is 160 Å². The molecule has 1 aliphatic rings. The second kappa shape index (κ2) is 7.95. The zero-order valence-corrected chi connectivity index (χ0v) is 16.4. The Bertz CT molecular complexity index is 810. The van der Waals surface area contributed by atoms with Gasteiger partial charge >= 0.3 is 5.97 Å². The van der Waals surface area contributed by atoms with E-state index in [4.69, 9.17) is 9.47 Å². The minimum Gasteiger partial charge on any atom is -0.493 e. The highest BCUT2D eigenvalue weighted by Gasteiger charge is 2.39. The molecule has 0 aromatic heterocycles. The van der Waals surface area contributed by atoms with E-state index in [2.05, 4.69) is 0 Å². The summed E-state index contributed by atoms with van der Waals surface area (Å²) >= 11 is 0. The summed E-state index contributed by atoms with van der Waals surface area (Å²) in [5, 5.41) is 0. The van der Waals surface area contributed by atoms with E-state index in [1.54, 1.807) is 0 Å². The highest BCUT2D eigenvalue weighted by atomic mass is 16.5. The molecule has 4 nitrogen and oxygen atoms in total. The average Bonchev–Trinajstić information content (AvgIpc) is 2.58. The number of ether oxygens (including phenoxy) is 2. The molecule has 3 rings (SSSR count). The van der Waals surface area contributed by atoms with E-state index in [0.29, 0.717) is 13.0 Å². The maximum atomic E-state index is 12.7. The van der Waals surface area contributed by atoms with Crippen LogP contribution in [0, 0.1) is 27.7 Å². The van der Waals surface area contributed by atoms with E-state index in [1.165, 1.54) is 5.56 Å². The standard InChI is InChI=1S/C23H26O4/c1-14-5-7-18(8-6-14)26-10-9-19-13-20(24)22(23(25)27-19)21-16(3)11-15(2)12-17(21)4/h5-8,11-12,19,22H,9-10,13H2,1-4H3. The third-order valence-corrected chi connectivity index (χ3v) is 5.03. The lowest BCUT2D eigenvalue weighted by Crippen LogP contribution is -2.38. The molecule has 0 spiro atoms. The van der Waals surface area contributed by atoms with Crippen molar-refractivity contribution < 1.29 is 19.1 Å². The largest absolute Gasteiger partial charge is 0.493 e. The van der Waals surface area contributed by atoms with Crippen LogP contribution in [0.15, 0.2) is 36.4 Å². The van der Waals surface area contributed by atoms with Crippen molar-refractivity contribution in [2.45, 2.75) is 52.6 Å². The van der Waals surface area contributed by atoms with Crippen LogP contribution >= 0.6 is 0 Å². The maximum Gasteiger partial charge on any atom is 0.321 e. The molecule has 2 aromatic carbocycles. The van der Waals surface area contributed by atoms with Crippen molar-refractivity contribution in [3.8, 4) is 5.75 Å². The Morgan fingerprint density at radius 1 is 0.963 bits per heavy atom. The van der Waals surface area contributed by atoms with Crippen LogP contribution in [0.4, 0.5) is 0 Å². The third kappa shape index (κ3) is 4.38. The molecule has 1 heterocycles. The molecule has 0 saturated carbocycles. The van der Waals surface area contributed by atoms with Crippen LogP contribution in [0.3, 0.4) is 0 Å². The maximum absolute atomic E-state index is 12.7. The van der Waals surface area contributed by atoms with Crippen molar-refractivity contribution in [2.24, 2.45) is 0 Å². The number of ketones is 1. The van der Waals surface area contributed by atoms with Crippen molar-refractivity contribution in [2.75, 3.05) is 6.61 Å². The molecule has 2 atom stereocenters. The summed E-state index contributed by atoms with van der Waals surface area (Å²) in [4.78, 5) is 25.3. The molecule has 0 bridgehead atoms. The number of cyclic esters (lactones) is 1. The highest BCUT2D eigenvalue weighted by molar-refractivity contribution is 6.06. The molecule has 27 heavy (non-hydrogen) atoms. The number of rotatable bonds is 5. The molecule has 2 aromatic rings. The van der Waals surface area contributed by atoms with Gasteiger partial charge in [-0.05, 0) is 56.5 Å². The average molecular weight is 366 g/mol. The minimum atomic E-state index is -0.806. The smallest absolute Gasteiger partial charge is 0.321 e. The number of carbonyl (C=O) groups excluding carboxylic acids is 2. The summed E-state index contributed by atoms with van der Waals surface area (Å²) in [6.07, 6.45) is 0.322. The normalized spacial score (nSPS) is 19.7. The van der Waals surface area contributed by atoms with Crippen LogP contribution in [-0.2, 0) is 14.3 Å². The molecule has 0 N–H and O–H groups in total. The Hall–Kier alpha value is -2.62. The van der Waals surface area contributed by atoms with Gasteiger partial charge < -0.3 is 9.47 Å². The zero-order chi connectivity index (χ0) is 19.6. The summed E-state index contributed by atoms with van der Waals surface area (Å²) < 4.78 is 11.3. The summed E-state index contributed by atoms with van der Waals surface area (Å²) in [5.74, 6) is -0.541. The van der Waals surface area contributed by atoms with E-state index in [1.807, 2.05) is 64.1 Å². The minimum absolute atomic E-state index is 0.0679. The van der Waals surface area contributed by atoms with E-state index in [9.17, 15) is 9.59 Å². The Balaban J connectivity index is 1.63. The number of benzene rings is 2. The Morgan fingerprint density at radius 2 is 1.59 bits per heavy atom. The van der Waals surface area contributed by atoms with Gasteiger partial charge in [0, 0.05) is 12.8 Å². The summed E-state index contributed by atoms with van der Waals surface area (Å²) in [6, 6.07) is 11.8. The molecule has 0 radical (unpaired) electrons. The SMILES string of the molecule is Cc1ccc(OCCC2CC(=O)C(c3c(C)cc(C)cc3C)C(=O)O2)cc1. The van der Waals surface area contributed by atoms with Gasteiger partial charge in [0.05, 0.1) is 6.61 Å². The van der Waals surface area contributed by atoms with E-state index in [0.717, 1.165) is 28.0 Å². The van der Waals surface area contributed by atoms with E-state index in [-0.39, 0.29) is 12.2 Å². The fourth-order valence-electron chi connectivity index (χ4n) is 3.78. The van der Waals surface area contributed by atoms with E-state index < -0.39 is 18.0 Å². The van der Waals surface area contributed by atoms with Gasteiger partial charge in [-0.1, -0.05) is 35.4 Å². The topological polar surface area (TPSA) is 52.6 Å². The molecule has 142 valence electrons. The lowest BCUT2D eigenvalue weighted by Gasteiger charge is -2.29. The number of hydrogen-bond acceptors (Lipinski definition) is 4. The first-order chi connectivity index (χ1) is 12.8. The molecule has 0 aliphatic carbocycles. The van der Waals surface area contributed by atoms with E-state index >= 15 is 0 Å². The van der Waals surface area contributed by atoms with Crippen LogP contribution < -0.4 is 4.74 Å². The van der Waals surface area contributed by atoms with Gasteiger partial charge in [0.2, 0.25) is 0 Å². The predicted octanol–water partition coefficient (Wildman–Crippen LogP) is 4.36. The predicted molar refractivity (Wildman–Crippen MR) is 104 cm³/mol. The lowest BCUT2D eigenvalue weighted by atomic mass is 9.83. The van der Waals surface area contributed by atoms with Crippen molar-refractivity contribution in [1.29, 1.82) is 0 Å². The first kappa shape index (κ1) is 19.2. The summed E-state index contributed by atoms with van der Waals surface area (Å²) in [6.45, 7) is 8.32. The molecule has 1 aliphatic heterocycles. The first-order valence-corrected chi connectivity index (χ1v) is 9.35. The highest BCUT2D eigenvalue weighted by Crippen LogP contribution is 2.32. The van der Waals surface area contributed by atoms with Gasteiger partial charge in [-0.15, -0.1) is 0 Å². The van der Waals surface area contributed by atoms with Gasteiger partial charge in [0.15, 0.2) is 5.78 Å². The molecular formula is C23H26O4. The van der Waals surface area contributed by atoms with Crippen molar-refractivity contribution in [3.63, 3.8) is 0 Å². The number of esters is 1. The Kier molecular flexibility index (Phi) is 5.64. The second-order valence-corrected chi connectivity index (χ2v) is 7.42. The summed E-state index contributed by atoms with van der Waals surface area (Å²) in [5.41, 5.74) is 5.01. The van der Waals surface area contributed by atoms with Crippen molar-refractivity contribution >= 4 is 11.8 Å². The van der Waals surface area contributed by atoms with Gasteiger partial charge in [-0.2, -0.15) is 0 Å². The van der Waals surface area contributed by atoms with Crippen LogP contribution in [0.5, 0.6) is 5.75 Å². The number of Topliss-reactive ketones (excluding diaryl/α,β-unsaturated/α-hetero) is 1. The number of aryl methyl sites for hydroxylation is 4. The third-order valence-electron chi connectivity index (χ3n) is 5.03. The van der Waals surface area contributed by atoms with Crippen LogP contribution in [0.25, 0.3) is 0 Å². The molecule has 4 heteroatoms. The first-order valence-electron chi connectivity index (χ1n) is 9.35. The summed E-state index contributed by atoms with van der Waals surface area (Å²) in [7, 11) is 0. The van der Waals surface area contributed by atoms with Crippen LogP contribution in [0.1, 0.15) is 46.6 Å². The van der Waals surface area contributed by atoms with Crippen LogP contribution in [0.2, 0.25) is 0 Å². The monoisotopic (exact) mass is 366 g/mol. The quantitative estimate of drug-likeness (QED) is 0.583. The van der Waals surface area contributed by atoms with Crippen LogP contribution in [-0.4, -0.2) is 24.5 Å². The fourth-order valence-corrected chi connectivity index (χ4v) is 3.78. The van der Waals surface area contributed by atoms with Gasteiger partial charge in [-0.25, -0.2) is 0 Å². The van der Waals surface area contributed by atoms with Gasteiger partial charge in [0.25, 0.3) is 0 Å². The Morgan fingerprint density at radius 3 is 2.19 bits per heavy atom. The molecule has 2 unspecified atom stereocenters. The molecule has 1 saturated heterocycles. The number of carbonyl (C=O) groups is 2. The number of hydrogen-bond donors (Lipinski definition) is 0. The van der Waals surface area contributed by atoms with Gasteiger partial charge in [-0.3, -0.25) is 9.59 Å².